The lowest BCUT2D eigenvalue weighted by Gasteiger charge is -2.61. The van der Waals surface area contributed by atoms with Gasteiger partial charge in [-0.1, -0.05) is 165 Å². The third-order valence-corrected chi connectivity index (χ3v) is 15.9. The molecule has 1 heteroatoms. The van der Waals surface area contributed by atoms with Crippen LogP contribution in [0.25, 0.3) is 55.6 Å². The summed E-state index contributed by atoms with van der Waals surface area (Å²) in [6, 6.07) is 55.5. The molecule has 4 saturated carbocycles. The molecule has 6 aliphatic rings. The van der Waals surface area contributed by atoms with Gasteiger partial charge in [-0.25, -0.2) is 0 Å². The van der Waals surface area contributed by atoms with Gasteiger partial charge in [0.1, 0.15) is 0 Å². The summed E-state index contributed by atoms with van der Waals surface area (Å²) in [6.07, 6.45) is 6.32. The first-order chi connectivity index (χ1) is 32.5. The maximum absolute atomic E-state index is 9.53. The Morgan fingerprint density at radius 2 is 0.952 bits per heavy atom. The molecular formula is C61H51N. The highest BCUT2D eigenvalue weighted by Gasteiger charge is 2.62. The molecule has 1 spiro atoms. The van der Waals surface area contributed by atoms with Gasteiger partial charge in [0.25, 0.3) is 0 Å². The first kappa shape index (κ1) is 31.4. The van der Waals surface area contributed by atoms with E-state index in [0.29, 0.717) is 17.4 Å². The van der Waals surface area contributed by atoms with Gasteiger partial charge < -0.3 is 4.90 Å². The summed E-state index contributed by atoms with van der Waals surface area (Å²) in [5.41, 5.74) is 18.0. The van der Waals surface area contributed by atoms with Crippen LogP contribution in [0.15, 0.2) is 188 Å². The van der Waals surface area contributed by atoms with E-state index in [2.05, 4.69) is 170 Å². The molecular weight excluding hydrogens is 747 g/mol. The molecule has 6 aliphatic carbocycles. The van der Waals surface area contributed by atoms with Crippen molar-refractivity contribution in [2.45, 2.75) is 56.8 Å². The molecule has 0 N–H and O–H groups in total. The molecule has 62 heavy (non-hydrogen) atoms. The van der Waals surface area contributed by atoms with Gasteiger partial charge >= 0.3 is 0 Å². The molecule has 0 radical (unpaired) electrons. The van der Waals surface area contributed by atoms with Gasteiger partial charge in [0, 0.05) is 27.9 Å². The van der Waals surface area contributed by atoms with E-state index in [9.17, 15) is 2.74 Å². The van der Waals surface area contributed by atoms with Crippen molar-refractivity contribution in [1.29, 1.82) is 0 Å². The smallest absolute Gasteiger partial charge is 0.0629 e. The second kappa shape index (κ2) is 13.5. The lowest BCUT2D eigenvalue weighted by atomic mass is 9.42. The van der Waals surface area contributed by atoms with Gasteiger partial charge in [-0.05, 0) is 170 Å². The highest BCUT2D eigenvalue weighted by molar-refractivity contribution is 5.96. The van der Waals surface area contributed by atoms with Crippen LogP contribution in [-0.4, -0.2) is 0 Å². The number of benzene rings is 8. The van der Waals surface area contributed by atoms with Crippen molar-refractivity contribution in [1.82, 2.24) is 0 Å². The Hall–Kier alpha value is -6.44. The quantitative estimate of drug-likeness (QED) is 0.162. The van der Waals surface area contributed by atoms with Gasteiger partial charge in [-0.2, -0.15) is 0 Å². The Kier molecular flexibility index (Phi) is 6.85. The van der Waals surface area contributed by atoms with E-state index in [0.717, 1.165) is 51.2 Å². The third-order valence-electron chi connectivity index (χ3n) is 15.9. The summed E-state index contributed by atoms with van der Waals surface area (Å²) in [7, 11) is 0. The molecule has 0 amide bonds. The molecule has 0 unspecified atom stereocenters. The second-order valence-corrected chi connectivity index (χ2v) is 19.3. The zero-order valence-electron chi connectivity index (χ0n) is 40.3. The zero-order chi connectivity index (χ0) is 45.5. The number of fused-ring (bicyclic) bond motifs is 6. The molecule has 0 heterocycles. The van der Waals surface area contributed by atoms with Gasteiger partial charge in [0.2, 0.25) is 0 Å². The largest absolute Gasteiger partial charge is 0.310 e. The van der Waals surface area contributed by atoms with E-state index in [4.69, 9.17) is 4.11 Å². The summed E-state index contributed by atoms with van der Waals surface area (Å²) < 4.78 is 45.7. The molecule has 14 rings (SSSR count). The topological polar surface area (TPSA) is 3.24 Å². The lowest BCUT2D eigenvalue weighted by molar-refractivity contribution is -0.0397. The molecule has 8 aromatic rings. The van der Waals surface area contributed by atoms with Crippen LogP contribution in [0.1, 0.15) is 75.1 Å². The van der Waals surface area contributed by atoms with Crippen LogP contribution < -0.4 is 4.90 Å². The third kappa shape index (κ3) is 5.15. The Bertz CT molecular complexity index is 3290. The SMILES string of the molecule is [2H]c1c([2H])c([2H])c(-c2cc(N(c3ccc(-c4ccccc4)cc3)c3ccc4c(c3)C(C)(C)c3ccccc3-4)ccc2-c2cccc3c2C2(c4ccccc4-3)C3CC4CC(C3)CC2C4)c([2H])c1[2H]. The standard InChI is InChI=1S/C61H51N/c1-60(2)56-22-11-9-18-50(56)52-31-29-48(38-58(52)60)62(46-26-24-42(25-27-46)41-14-5-3-6-15-41)47-28-30-49(55(37-47)43-16-7-4-8-17-43)53-20-13-21-54-51-19-10-12-23-57(51)61(59(53)54)44-33-39-32-40(35-44)36-45(61)34-39/h3-31,37-40,44-45H,32-36H2,1-2H3/i4D,7D,8D,16D,17D. The van der Waals surface area contributed by atoms with E-state index in [1.807, 2.05) is 6.07 Å². The van der Waals surface area contributed by atoms with Gasteiger partial charge in [0.15, 0.2) is 0 Å². The molecule has 1 nitrogen and oxygen atoms in total. The molecule has 8 aromatic carbocycles. The fraction of sp³-hybridized carbons (Fsp3) is 0.213. The van der Waals surface area contributed by atoms with Crippen LogP contribution in [0, 0.1) is 23.7 Å². The average Bonchev–Trinajstić information content (AvgIpc) is 3.78. The van der Waals surface area contributed by atoms with Crippen molar-refractivity contribution in [3.05, 3.63) is 210 Å². The molecule has 0 aromatic heterocycles. The van der Waals surface area contributed by atoms with Crippen molar-refractivity contribution in [2.75, 3.05) is 4.90 Å². The minimum absolute atomic E-state index is 0.146. The number of hydrogen-bond acceptors (Lipinski definition) is 1. The Morgan fingerprint density at radius 3 is 1.66 bits per heavy atom. The molecule has 0 atom stereocenters. The van der Waals surface area contributed by atoms with Gasteiger partial charge in [-0.3, -0.25) is 0 Å². The zero-order valence-corrected chi connectivity index (χ0v) is 35.3. The van der Waals surface area contributed by atoms with Crippen molar-refractivity contribution < 1.29 is 6.85 Å². The van der Waals surface area contributed by atoms with E-state index in [1.165, 1.54) is 76.6 Å². The Labute approximate surface area is 373 Å². The summed E-state index contributed by atoms with van der Waals surface area (Å²) in [4.78, 5) is 2.28. The lowest BCUT2D eigenvalue weighted by Crippen LogP contribution is -2.55. The fourth-order valence-corrected chi connectivity index (χ4v) is 13.6. The molecule has 4 bridgehead atoms. The van der Waals surface area contributed by atoms with E-state index >= 15 is 0 Å². The maximum Gasteiger partial charge on any atom is 0.0629 e. The van der Waals surface area contributed by atoms with Crippen molar-refractivity contribution >= 4 is 17.1 Å². The minimum atomic E-state index is -0.387. The Morgan fingerprint density at radius 1 is 0.419 bits per heavy atom. The van der Waals surface area contributed by atoms with E-state index in [1.54, 1.807) is 0 Å². The molecule has 0 saturated heterocycles. The summed E-state index contributed by atoms with van der Waals surface area (Å²) in [5, 5.41) is 0. The van der Waals surface area contributed by atoms with Crippen LogP contribution in [0.5, 0.6) is 0 Å². The van der Waals surface area contributed by atoms with E-state index in [-0.39, 0.29) is 46.6 Å². The summed E-state index contributed by atoms with van der Waals surface area (Å²) >= 11 is 0. The maximum atomic E-state index is 9.53. The van der Waals surface area contributed by atoms with Gasteiger partial charge in [0.05, 0.1) is 6.85 Å². The highest BCUT2D eigenvalue weighted by atomic mass is 15.1. The number of rotatable bonds is 6. The normalized spacial score (nSPS) is 24.0. The summed E-state index contributed by atoms with van der Waals surface area (Å²) in [6.45, 7) is 4.61. The fourth-order valence-electron chi connectivity index (χ4n) is 13.6. The number of hydrogen-bond donors (Lipinski definition) is 0. The van der Waals surface area contributed by atoms with E-state index < -0.39 is 0 Å². The molecule has 4 fully saturated rings. The first-order valence-corrected chi connectivity index (χ1v) is 22.7. The van der Waals surface area contributed by atoms with Crippen LogP contribution >= 0.6 is 0 Å². The van der Waals surface area contributed by atoms with Crippen molar-refractivity contribution in [3.63, 3.8) is 0 Å². The van der Waals surface area contributed by atoms with Crippen LogP contribution in [0.2, 0.25) is 0 Å². The van der Waals surface area contributed by atoms with Gasteiger partial charge in [-0.15, -0.1) is 0 Å². The van der Waals surface area contributed by atoms with Crippen LogP contribution in [0.3, 0.4) is 0 Å². The first-order valence-electron chi connectivity index (χ1n) is 25.2. The average molecular weight is 803 g/mol. The van der Waals surface area contributed by atoms with Crippen LogP contribution in [0.4, 0.5) is 17.1 Å². The number of nitrogens with zero attached hydrogens (tertiary/aromatic N) is 1. The van der Waals surface area contributed by atoms with Crippen LogP contribution in [-0.2, 0) is 10.8 Å². The summed E-state index contributed by atoms with van der Waals surface area (Å²) in [5.74, 6) is 2.62. The highest BCUT2D eigenvalue weighted by Crippen LogP contribution is 2.70. The molecule has 300 valence electrons. The minimum Gasteiger partial charge on any atom is -0.310 e. The second-order valence-electron chi connectivity index (χ2n) is 19.3. The predicted octanol–water partition coefficient (Wildman–Crippen LogP) is 16.2. The van der Waals surface area contributed by atoms with Crippen molar-refractivity contribution in [3.8, 4) is 55.6 Å². The molecule has 0 aliphatic heterocycles. The number of anilines is 3. The van der Waals surface area contributed by atoms with Crippen molar-refractivity contribution in [2.24, 2.45) is 23.7 Å². The Balaban J connectivity index is 1.06. The predicted molar refractivity (Wildman–Crippen MR) is 258 cm³/mol. The monoisotopic (exact) mass is 802 g/mol.